The van der Waals surface area contributed by atoms with Gasteiger partial charge in [0.15, 0.2) is 0 Å². The highest BCUT2D eigenvalue weighted by Gasteiger charge is 2.43. The van der Waals surface area contributed by atoms with E-state index in [0.717, 1.165) is 44.9 Å². The van der Waals surface area contributed by atoms with Crippen LogP contribution in [0.25, 0.3) is 50.6 Å². The summed E-state index contributed by atoms with van der Waals surface area (Å²) >= 11 is 0. The first-order chi connectivity index (χ1) is 26.4. The number of rotatable bonds is 6. The van der Waals surface area contributed by atoms with E-state index in [2.05, 4.69) is 154 Å². The molecule has 262 valence electrons. The Morgan fingerprint density at radius 1 is 0.537 bits per heavy atom. The molecule has 4 nitrogen and oxygen atoms in total. The second kappa shape index (κ2) is 12.4. The van der Waals surface area contributed by atoms with Crippen LogP contribution in [-0.2, 0) is 0 Å². The van der Waals surface area contributed by atoms with Gasteiger partial charge in [-0.2, -0.15) is 0 Å². The number of phenols is 1. The maximum atomic E-state index is 11.4. The highest BCUT2D eigenvalue weighted by Crippen LogP contribution is 2.58. The first-order valence-corrected chi connectivity index (χ1v) is 19.1. The van der Waals surface area contributed by atoms with Crippen molar-refractivity contribution in [1.82, 2.24) is 14.5 Å². The van der Waals surface area contributed by atoms with Crippen molar-refractivity contribution in [2.45, 2.75) is 51.4 Å². The van der Waals surface area contributed by atoms with Crippen LogP contribution in [0.3, 0.4) is 0 Å². The number of hydrogen-bond donors (Lipinski definition) is 1. The SMILES string of the molecule is CC(C)c1cccc(C(C)C)c1-n1c(-c2cccc(-c3cc4c(c(-c5ccccc5O)n3)C3c5ccccc5C4c4ccccc43)c2)nc2ccccc21. The van der Waals surface area contributed by atoms with Gasteiger partial charge in [0, 0.05) is 28.5 Å². The number of phenolic OH excluding ortho intramolecular Hbond substituents is 1. The van der Waals surface area contributed by atoms with Gasteiger partial charge in [0.1, 0.15) is 11.6 Å². The molecule has 54 heavy (non-hydrogen) atoms. The number of fused-ring (bicyclic) bond motifs is 1. The van der Waals surface area contributed by atoms with Crippen LogP contribution in [0.4, 0.5) is 0 Å². The predicted molar refractivity (Wildman–Crippen MR) is 220 cm³/mol. The molecular formula is C50H41N3O. The van der Waals surface area contributed by atoms with Crippen molar-refractivity contribution >= 4 is 11.0 Å². The molecule has 1 N–H and O–H groups in total. The molecule has 8 aromatic rings. The molecule has 6 aromatic carbocycles. The number of benzene rings is 6. The summed E-state index contributed by atoms with van der Waals surface area (Å²) in [5.74, 6) is 1.90. The third-order valence-electron chi connectivity index (χ3n) is 11.6. The fourth-order valence-electron chi connectivity index (χ4n) is 9.23. The summed E-state index contributed by atoms with van der Waals surface area (Å²) in [6, 6.07) is 51.6. The third-order valence-corrected chi connectivity index (χ3v) is 11.6. The number of para-hydroxylation sites is 4. The number of pyridine rings is 1. The molecule has 3 aliphatic carbocycles. The maximum Gasteiger partial charge on any atom is 0.145 e. The highest BCUT2D eigenvalue weighted by molar-refractivity contribution is 5.86. The van der Waals surface area contributed by atoms with Gasteiger partial charge in [0.05, 0.1) is 28.1 Å². The van der Waals surface area contributed by atoms with Crippen LogP contribution < -0.4 is 0 Å². The van der Waals surface area contributed by atoms with E-state index in [9.17, 15) is 5.11 Å². The number of hydrogen-bond acceptors (Lipinski definition) is 3. The summed E-state index contributed by atoms with van der Waals surface area (Å²) < 4.78 is 2.39. The minimum Gasteiger partial charge on any atom is -0.507 e. The Balaban J connectivity index is 1.22. The van der Waals surface area contributed by atoms with E-state index in [1.54, 1.807) is 6.07 Å². The fraction of sp³-hybridized carbons (Fsp3) is 0.160. The van der Waals surface area contributed by atoms with Crippen LogP contribution in [0.15, 0.2) is 146 Å². The summed E-state index contributed by atoms with van der Waals surface area (Å²) in [6.07, 6.45) is 0. The highest BCUT2D eigenvalue weighted by atomic mass is 16.3. The summed E-state index contributed by atoms with van der Waals surface area (Å²) in [5, 5.41) is 11.4. The van der Waals surface area contributed by atoms with Crippen molar-refractivity contribution in [1.29, 1.82) is 0 Å². The van der Waals surface area contributed by atoms with Crippen molar-refractivity contribution in [2.75, 3.05) is 0 Å². The molecule has 0 saturated heterocycles. The lowest BCUT2D eigenvalue weighted by Gasteiger charge is -2.43. The molecule has 4 heteroatoms. The Labute approximate surface area is 316 Å². The second-order valence-electron chi connectivity index (χ2n) is 15.4. The Kier molecular flexibility index (Phi) is 7.45. The second-order valence-corrected chi connectivity index (χ2v) is 15.4. The number of aromatic hydroxyl groups is 1. The van der Waals surface area contributed by atoms with Gasteiger partial charge in [-0.25, -0.2) is 9.97 Å². The van der Waals surface area contributed by atoms with Gasteiger partial charge < -0.3 is 5.11 Å². The molecule has 2 bridgehead atoms. The molecule has 0 fully saturated rings. The van der Waals surface area contributed by atoms with Crippen LogP contribution in [0, 0.1) is 0 Å². The van der Waals surface area contributed by atoms with Gasteiger partial charge in [-0.3, -0.25) is 4.57 Å². The molecule has 0 amide bonds. The first kappa shape index (κ1) is 32.4. The van der Waals surface area contributed by atoms with E-state index in [1.165, 1.54) is 50.2 Å². The van der Waals surface area contributed by atoms with E-state index in [1.807, 2.05) is 18.2 Å². The molecule has 0 radical (unpaired) electrons. The fourth-order valence-corrected chi connectivity index (χ4v) is 9.23. The van der Waals surface area contributed by atoms with Crippen LogP contribution in [0.1, 0.15) is 95.9 Å². The molecule has 2 heterocycles. The average molecular weight is 700 g/mol. The molecule has 0 saturated carbocycles. The number of imidazole rings is 1. The number of nitrogens with zero attached hydrogens (tertiary/aromatic N) is 3. The topological polar surface area (TPSA) is 50.9 Å². The molecule has 0 unspecified atom stereocenters. The molecule has 0 spiro atoms. The lowest BCUT2D eigenvalue weighted by molar-refractivity contribution is 0.477. The minimum atomic E-state index is 0.0241. The van der Waals surface area contributed by atoms with Crippen molar-refractivity contribution in [3.63, 3.8) is 0 Å². The minimum absolute atomic E-state index is 0.0241. The maximum absolute atomic E-state index is 11.4. The zero-order valence-electron chi connectivity index (χ0n) is 31.0. The molecular weight excluding hydrogens is 659 g/mol. The van der Waals surface area contributed by atoms with E-state index in [0.29, 0.717) is 11.8 Å². The van der Waals surface area contributed by atoms with Crippen molar-refractivity contribution in [2.24, 2.45) is 0 Å². The lowest BCUT2D eigenvalue weighted by atomic mass is 9.60. The van der Waals surface area contributed by atoms with Crippen LogP contribution in [0.2, 0.25) is 0 Å². The van der Waals surface area contributed by atoms with Gasteiger partial charge in [-0.1, -0.05) is 137 Å². The Hall–Kier alpha value is -6.26. The zero-order chi connectivity index (χ0) is 36.7. The van der Waals surface area contributed by atoms with Gasteiger partial charge in [-0.05, 0) is 92.7 Å². The van der Waals surface area contributed by atoms with Gasteiger partial charge in [0.25, 0.3) is 0 Å². The normalized spacial score (nSPS) is 15.4. The molecule has 0 aliphatic heterocycles. The summed E-state index contributed by atoms with van der Waals surface area (Å²) in [5.41, 5.74) is 18.2. The van der Waals surface area contributed by atoms with Crippen LogP contribution in [-0.4, -0.2) is 19.6 Å². The van der Waals surface area contributed by atoms with Crippen LogP contribution >= 0.6 is 0 Å². The third kappa shape index (κ3) is 4.83. The number of aromatic nitrogens is 3. The zero-order valence-corrected chi connectivity index (χ0v) is 31.0. The average Bonchev–Trinajstić information content (AvgIpc) is 3.59. The van der Waals surface area contributed by atoms with Crippen molar-refractivity contribution in [3.8, 4) is 45.3 Å². The van der Waals surface area contributed by atoms with Crippen molar-refractivity contribution in [3.05, 3.63) is 190 Å². The lowest BCUT2D eigenvalue weighted by Crippen LogP contribution is -2.28. The molecule has 3 aliphatic rings. The Morgan fingerprint density at radius 2 is 1.11 bits per heavy atom. The molecule has 11 rings (SSSR count). The van der Waals surface area contributed by atoms with E-state index in [-0.39, 0.29) is 17.6 Å². The van der Waals surface area contributed by atoms with Crippen molar-refractivity contribution < 1.29 is 5.11 Å². The monoisotopic (exact) mass is 699 g/mol. The van der Waals surface area contributed by atoms with Crippen LogP contribution in [0.5, 0.6) is 5.75 Å². The van der Waals surface area contributed by atoms with Gasteiger partial charge in [0.2, 0.25) is 0 Å². The van der Waals surface area contributed by atoms with Gasteiger partial charge in [-0.15, -0.1) is 0 Å². The summed E-state index contributed by atoms with van der Waals surface area (Å²) in [6.45, 7) is 9.09. The predicted octanol–water partition coefficient (Wildman–Crippen LogP) is 12.4. The Morgan fingerprint density at radius 3 is 1.78 bits per heavy atom. The molecule has 2 aromatic heterocycles. The smallest absolute Gasteiger partial charge is 0.145 e. The Bertz CT molecular complexity index is 2700. The van der Waals surface area contributed by atoms with E-state index < -0.39 is 0 Å². The largest absolute Gasteiger partial charge is 0.507 e. The van der Waals surface area contributed by atoms with Gasteiger partial charge >= 0.3 is 0 Å². The first-order valence-electron chi connectivity index (χ1n) is 19.1. The standard InChI is InChI=1S/C50H41N3O/c1-29(2)33-22-14-23-34(30(3)4)49(33)53-43-25-11-10-24-41(43)52-50(53)32-16-13-15-31(27-32)42-28-40-45-35-17-5-7-19-37(35)46(38-20-8-6-18-36(38)45)47(40)48(51-42)39-21-9-12-26-44(39)54/h5-30,45-46,54H,1-4H3. The van der Waals surface area contributed by atoms with E-state index in [4.69, 9.17) is 9.97 Å². The summed E-state index contributed by atoms with van der Waals surface area (Å²) in [7, 11) is 0. The van der Waals surface area contributed by atoms with E-state index >= 15 is 0 Å². The summed E-state index contributed by atoms with van der Waals surface area (Å²) in [4.78, 5) is 10.8. The molecule has 0 atom stereocenters. The quantitative estimate of drug-likeness (QED) is 0.188.